The lowest BCUT2D eigenvalue weighted by atomic mass is 9.86. The fraction of sp³-hybridized carbons (Fsp3) is 0.429. The van der Waals surface area contributed by atoms with Crippen LogP contribution in [0.2, 0.25) is 0 Å². The number of carbonyl (C=O) groups is 2. The van der Waals surface area contributed by atoms with Crippen molar-refractivity contribution in [1.82, 2.24) is 4.90 Å². The minimum atomic E-state index is -3.77. The maximum absolute atomic E-state index is 12.3. The van der Waals surface area contributed by atoms with E-state index in [4.69, 9.17) is 10.7 Å². The van der Waals surface area contributed by atoms with E-state index in [1.807, 2.05) is 6.92 Å². The standard InChI is InChI=1S/C14H16ClNO4S/c1-3-14(2)8-12(17)16(13(14)18)9-10-4-6-11(7-5-10)21(15,19)20/h4-7H,3,8-9H2,1-2H3. The van der Waals surface area contributed by atoms with Crippen molar-refractivity contribution in [1.29, 1.82) is 0 Å². The molecule has 1 heterocycles. The summed E-state index contributed by atoms with van der Waals surface area (Å²) >= 11 is 0. The predicted molar refractivity (Wildman–Crippen MR) is 78.1 cm³/mol. The van der Waals surface area contributed by atoms with Gasteiger partial charge in [-0.25, -0.2) is 8.42 Å². The van der Waals surface area contributed by atoms with Crippen molar-refractivity contribution in [3.8, 4) is 0 Å². The molecule has 1 aliphatic rings. The number of nitrogens with zero attached hydrogens (tertiary/aromatic N) is 1. The summed E-state index contributed by atoms with van der Waals surface area (Å²) in [6, 6.07) is 5.83. The first-order chi connectivity index (χ1) is 9.67. The lowest BCUT2D eigenvalue weighted by molar-refractivity contribution is -0.141. The fourth-order valence-electron chi connectivity index (χ4n) is 2.32. The minimum Gasteiger partial charge on any atom is -0.278 e. The number of amides is 2. The zero-order valence-electron chi connectivity index (χ0n) is 11.8. The van der Waals surface area contributed by atoms with Gasteiger partial charge in [-0.3, -0.25) is 14.5 Å². The highest BCUT2D eigenvalue weighted by atomic mass is 35.7. The van der Waals surface area contributed by atoms with Crippen LogP contribution in [0, 0.1) is 5.41 Å². The summed E-state index contributed by atoms with van der Waals surface area (Å²) in [7, 11) is 1.47. The Kier molecular flexibility index (Phi) is 4.13. The van der Waals surface area contributed by atoms with Crippen LogP contribution in [0.3, 0.4) is 0 Å². The highest BCUT2D eigenvalue weighted by Gasteiger charge is 2.46. The number of carbonyl (C=O) groups excluding carboxylic acids is 2. The van der Waals surface area contributed by atoms with Gasteiger partial charge in [-0.15, -0.1) is 0 Å². The summed E-state index contributed by atoms with van der Waals surface area (Å²) in [6.45, 7) is 3.82. The van der Waals surface area contributed by atoms with Crippen LogP contribution in [0.25, 0.3) is 0 Å². The van der Waals surface area contributed by atoms with Crippen molar-refractivity contribution in [2.45, 2.75) is 38.1 Å². The summed E-state index contributed by atoms with van der Waals surface area (Å²) in [5, 5.41) is 0. The summed E-state index contributed by atoms with van der Waals surface area (Å²) in [5.74, 6) is -0.373. The summed E-state index contributed by atoms with van der Waals surface area (Å²) in [6.07, 6.45) is 0.827. The second kappa shape index (κ2) is 5.42. The summed E-state index contributed by atoms with van der Waals surface area (Å²) < 4.78 is 22.3. The molecule has 0 aliphatic carbocycles. The molecule has 0 radical (unpaired) electrons. The van der Waals surface area contributed by atoms with Gasteiger partial charge in [-0.05, 0) is 24.1 Å². The molecule has 1 unspecified atom stereocenters. The molecular weight excluding hydrogens is 314 g/mol. The average molecular weight is 330 g/mol. The molecule has 2 rings (SSSR count). The molecular formula is C14H16ClNO4S. The maximum atomic E-state index is 12.3. The molecule has 1 saturated heterocycles. The molecule has 2 amide bonds. The molecule has 1 aromatic rings. The van der Waals surface area contributed by atoms with Crippen LogP contribution in [0.15, 0.2) is 29.2 Å². The smallest absolute Gasteiger partial charge is 0.261 e. The number of rotatable bonds is 4. The average Bonchev–Trinajstić information content (AvgIpc) is 2.63. The zero-order valence-corrected chi connectivity index (χ0v) is 13.4. The second-order valence-electron chi connectivity index (χ2n) is 5.46. The normalized spacial score (nSPS) is 22.9. The third-order valence-electron chi connectivity index (χ3n) is 3.93. The molecule has 0 aromatic heterocycles. The van der Waals surface area contributed by atoms with Gasteiger partial charge >= 0.3 is 0 Å². The van der Waals surface area contributed by atoms with E-state index in [-0.39, 0.29) is 29.7 Å². The monoisotopic (exact) mass is 329 g/mol. The number of likely N-dealkylation sites (tertiary alicyclic amines) is 1. The second-order valence-corrected chi connectivity index (χ2v) is 8.02. The maximum Gasteiger partial charge on any atom is 0.261 e. The number of benzene rings is 1. The van der Waals surface area contributed by atoms with Crippen molar-refractivity contribution in [2.75, 3.05) is 0 Å². The van der Waals surface area contributed by atoms with Crippen LogP contribution in [0.1, 0.15) is 32.3 Å². The molecule has 0 spiro atoms. The van der Waals surface area contributed by atoms with E-state index in [0.717, 1.165) is 0 Å². The Bertz CT molecular complexity index is 683. The largest absolute Gasteiger partial charge is 0.278 e. The van der Waals surface area contributed by atoms with Crippen LogP contribution >= 0.6 is 10.7 Å². The molecule has 5 nitrogen and oxygen atoms in total. The van der Waals surface area contributed by atoms with Crippen molar-refractivity contribution in [3.63, 3.8) is 0 Å². The molecule has 0 saturated carbocycles. The van der Waals surface area contributed by atoms with Gasteiger partial charge in [0.2, 0.25) is 11.8 Å². The van der Waals surface area contributed by atoms with E-state index in [1.165, 1.54) is 17.0 Å². The Balaban J connectivity index is 2.19. The lowest BCUT2D eigenvalue weighted by Gasteiger charge is -2.20. The predicted octanol–water partition coefficient (Wildman–Crippen LogP) is 2.29. The molecule has 0 bridgehead atoms. The molecule has 21 heavy (non-hydrogen) atoms. The molecule has 1 aromatic carbocycles. The minimum absolute atomic E-state index is 0.00890. The van der Waals surface area contributed by atoms with Crippen molar-refractivity contribution < 1.29 is 18.0 Å². The molecule has 1 aliphatic heterocycles. The quantitative estimate of drug-likeness (QED) is 0.627. The Morgan fingerprint density at radius 3 is 2.24 bits per heavy atom. The van der Waals surface area contributed by atoms with E-state index in [1.54, 1.807) is 19.1 Å². The fourth-order valence-corrected chi connectivity index (χ4v) is 3.09. The van der Waals surface area contributed by atoms with E-state index >= 15 is 0 Å². The van der Waals surface area contributed by atoms with Gasteiger partial charge in [0, 0.05) is 17.1 Å². The summed E-state index contributed by atoms with van der Waals surface area (Å²) in [5.41, 5.74) is 0.0531. The Morgan fingerprint density at radius 1 is 1.24 bits per heavy atom. The van der Waals surface area contributed by atoms with Crippen LogP contribution < -0.4 is 0 Å². The van der Waals surface area contributed by atoms with Gasteiger partial charge in [-0.2, -0.15) is 0 Å². The number of hydrogen-bond donors (Lipinski definition) is 0. The van der Waals surface area contributed by atoms with E-state index in [9.17, 15) is 18.0 Å². The van der Waals surface area contributed by atoms with Crippen LogP contribution in [0.4, 0.5) is 0 Å². The van der Waals surface area contributed by atoms with Crippen LogP contribution in [-0.2, 0) is 25.2 Å². The SMILES string of the molecule is CCC1(C)CC(=O)N(Cc2ccc(S(=O)(=O)Cl)cc2)C1=O. The highest BCUT2D eigenvalue weighted by Crippen LogP contribution is 2.36. The van der Waals surface area contributed by atoms with Gasteiger partial charge in [0.05, 0.1) is 16.9 Å². The van der Waals surface area contributed by atoms with Crippen LogP contribution in [0.5, 0.6) is 0 Å². The first-order valence-electron chi connectivity index (χ1n) is 6.56. The highest BCUT2D eigenvalue weighted by molar-refractivity contribution is 8.13. The van der Waals surface area contributed by atoms with Crippen molar-refractivity contribution in [2.24, 2.45) is 5.41 Å². The molecule has 114 valence electrons. The van der Waals surface area contributed by atoms with Gasteiger partial charge < -0.3 is 0 Å². The Labute approximate surface area is 128 Å². The summed E-state index contributed by atoms with van der Waals surface area (Å²) in [4.78, 5) is 25.5. The molecule has 7 heteroatoms. The van der Waals surface area contributed by atoms with Gasteiger partial charge in [0.25, 0.3) is 9.05 Å². The molecule has 1 fully saturated rings. The third-order valence-corrected chi connectivity index (χ3v) is 5.30. The first kappa shape index (κ1) is 16.0. The van der Waals surface area contributed by atoms with Gasteiger partial charge in [0.1, 0.15) is 0 Å². The van der Waals surface area contributed by atoms with E-state index < -0.39 is 14.5 Å². The number of hydrogen-bond acceptors (Lipinski definition) is 4. The van der Waals surface area contributed by atoms with Crippen molar-refractivity contribution in [3.05, 3.63) is 29.8 Å². The van der Waals surface area contributed by atoms with Crippen LogP contribution in [-0.4, -0.2) is 25.1 Å². The van der Waals surface area contributed by atoms with Gasteiger partial charge in [-0.1, -0.05) is 26.0 Å². The van der Waals surface area contributed by atoms with Gasteiger partial charge in [0.15, 0.2) is 0 Å². The molecule has 1 atom stereocenters. The Hall–Kier alpha value is -1.40. The first-order valence-corrected chi connectivity index (χ1v) is 8.87. The van der Waals surface area contributed by atoms with E-state index in [2.05, 4.69) is 0 Å². The third kappa shape index (κ3) is 3.11. The lowest BCUT2D eigenvalue weighted by Crippen LogP contribution is -2.33. The number of halogens is 1. The Morgan fingerprint density at radius 2 is 1.81 bits per heavy atom. The zero-order chi connectivity index (χ0) is 15.8. The van der Waals surface area contributed by atoms with Crippen molar-refractivity contribution >= 4 is 31.5 Å². The topological polar surface area (TPSA) is 71.5 Å². The van der Waals surface area contributed by atoms with E-state index in [0.29, 0.717) is 12.0 Å². The molecule has 0 N–H and O–H groups in total. The number of imide groups is 1.